The summed E-state index contributed by atoms with van der Waals surface area (Å²) in [5, 5.41) is 11.1. The van der Waals surface area contributed by atoms with Gasteiger partial charge in [0.2, 0.25) is 0 Å². The summed E-state index contributed by atoms with van der Waals surface area (Å²) in [6, 6.07) is 11.6. The van der Waals surface area contributed by atoms with E-state index in [2.05, 4.69) is 0 Å². The molecule has 9 nitrogen and oxygen atoms in total. The summed E-state index contributed by atoms with van der Waals surface area (Å²) in [5.41, 5.74) is 10.7. The van der Waals surface area contributed by atoms with Crippen LogP contribution in [0, 0.1) is 0 Å². The van der Waals surface area contributed by atoms with E-state index in [0.29, 0.717) is 17.9 Å². The van der Waals surface area contributed by atoms with Crippen molar-refractivity contribution in [2.24, 2.45) is 0 Å². The topological polar surface area (TPSA) is 146 Å². The average molecular weight is 542 g/mol. The molecule has 0 radical (unpaired) electrons. The number of hydrogen-bond acceptors (Lipinski definition) is 9. The molecule has 0 atom stereocenters. The van der Waals surface area contributed by atoms with Gasteiger partial charge in [-0.15, -0.1) is 0 Å². The molecule has 0 aliphatic heterocycles. The number of esters is 1. The van der Waals surface area contributed by atoms with Crippen LogP contribution in [0.15, 0.2) is 60.7 Å². The molecule has 0 bridgehead atoms. The van der Waals surface area contributed by atoms with Crippen LogP contribution in [0.1, 0.15) is 41.3 Å². The lowest BCUT2D eigenvalue weighted by atomic mass is 10.1. The number of carboxylic acids is 1. The quantitative estimate of drug-likeness (QED) is 0.113. The van der Waals surface area contributed by atoms with Crippen LogP contribution < -0.4 is 35.5 Å². The van der Waals surface area contributed by atoms with Gasteiger partial charge in [-0.2, -0.15) is 8.78 Å². The van der Waals surface area contributed by atoms with Crippen LogP contribution in [0.4, 0.5) is 20.2 Å². The van der Waals surface area contributed by atoms with Gasteiger partial charge in [-0.3, -0.25) is 0 Å². The third kappa shape index (κ3) is 7.37. The maximum atomic E-state index is 14.8. The Morgan fingerprint density at radius 3 is 2.38 bits per heavy atom. The Kier molecular flexibility index (Phi) is 9.32. The van der Waals surface area contributed by atoms with E-state index in [4.69, 9.17) is 30.4 Å². The van der Waals surface area contributed by atoms with Crippen molar-refractivity contribution in [1.82, 2.24) is 0 Å². The molecule has 4 N–H and O–H groups in total. The summed E-state index contributed by atoms with van der Waals surface area (Å²) in [5.74, 6) is -2.37. The second-order valence-electron chi connectivity index (χ2n) is 8.24. The number of alkyl halides is 2. The van der Waals surface area contributed by atoms with E-state index in [1.54, 1.807) is 0 Å². The summed E-state index contributed by atoms with van der Waals surface area (Å²) in [6.45, 7) is 2.45. The van der Waals surface area contributed by atoms with Gasteiger partial charge in [-0.25, -0.2) is 4.79 Å². The van der Waals surface area contributed by atoms with Crippen molar-refractivity contribution < 1.29 is 42.4 Å². The first-order valence-electron chi connectivity index (χ1n) is 11.8. The summed E-state index contributed by atoms with van der Waals surface area (Å²) >= 11 is 0. The molecule has 0 saturated heterocycles. The van der Waals surface area contributed by atoms with Crippen LogP contribution in [0.25, 0.3) is 6.08 Å². The fourth-order valence-electron chi connectivity index (χ4n) is 3.36. The fourth-order valence-corrected chi connectivity index (χ4v) is 3.36. The van der Waals surface area contributed by atoms with Gasteiger partial charge in [0.25, 0.3) is 0 Å². The van der Waals surface area contributed by atoms with Crippen molar-refractivity contribution in [2.45, 2.75) is 25.9 Å². The number of nitrogen functional groups attached to an aromatic ring is 2. The number of methoxy groups -OCH3 is 1. The Morgan fingerprint density at radius 2 is 1.74 bits per heavy atom. The number of nitrogens with two attached hydrogens (primary N) is 2. The SMILES string of the molecule is CCCCOc1ccc(C(F)(F)Oc2ccc(/C=C/C(=O)Oc3c(N)ccc(C(=O)[O-])c3N)cc2)cc1OC. The molecule has 3 rings (SSSR count). The maximum absolute atomic E-state index is 14.8. The van der Waals surface area contributed by atoms with Gasteiger partial charge in [0.05, 0.1) is 36.6 Å². The number of carbonyl (C=O) groups is 2. The van der Waals surface area contributed by atoms with Gasteiger partial charge in [0, 0.05) is 11.6 Å². The number of aromatic carboxylic acids is 1. The predicted octanol–water partition coefficient (Wildman–Crippen LogP) is 4.15. The van der Waals surface area contributed by atoms with Crippen molar-refractivity contribution in [3.05, 3.63) is 77.4 Å². The molecular weight excluding hydrogens is 514 g/mol. The standard InChI is InChI=1S/C28H28F2N2O7/c1-3-4-15-37-22-13-8-18(16-23(22)36-2)28(29,30)39-19-9-5-17(6-10-19)7-14-24(33)38-26-21(31)12-11-20(25(26)32)27(34)35/h5-14,16H,3-4,15,31-32H2,1-2H3,(H,34,35)/p-1/b14-7+. The monoisotopic (exact) mass is 541 g/mol. The fraction of sp³-hybridized carbons (Fsp3) is 0.214. The minimum atomic E-state index is -3.67. The highest BCUT2D eigenvalue weighted by molar-refractivity contribution is 5.97. The Labute approximate surface area is 223 Å². The average Bonchev–Trinajstić information content (AvgIpc) is 2.90. The number of hydrogen-bond donors (Lipinski definition) is 2. The summed E-state index contributed by atoms with van der Waals surface area (Å²) in [7, 11) is 1.36. The zero-order valence-electron chi connectivity index (χ0n) is 21.2. The number of benzene rings is 3. The molecule has 0 spiro atoms. The van der Waals surface area contributed by atoms with Crippen LogP contribution in [-0.2, 0) is 10.9 Å². The maximum Gasteiger partial charge on any atom is 0.426 e. The summed E-state index contributed by atoms with van der Waals surface area (Å²) < 4.78 is 50.4. The van der Waals surface area contributed by atoms with Crippen molar-refractivity contribution in [3.8, 4) is 23.0 Å². The lowest BCUT2D eigenvalue weighted by Gasteiger charge is -2.20. The molecule has 0 saturated carbocycles. The van der Waals surface area contributed by atoms with Crippen LogP contribution in [-0.4, -0.2) is 25.7 Å². The molecule has 0 unspecified atom stereocenters. The number of halogens is 2. The summed E-state index contributed by atoms with van der Waals surface area (Å²) in [6.07, 6.45) is 0.456. The van der Waals surface area contributed by atoms with Crippen molar-refractivity contribution in [3.63, 3.8) is 0 Å². The molecular formula is C28H27F2N2O7-. The number of unbranched alkanes of at least 4 members (excludes halogenated alkanes) is 1. The van der Waals surface area contributed by atoms with Crippen LogP contribution in [0.3, 0.4) is 0 Å². The van der Waals surface area contributed by atoms with Crippen LogP contribution in [0.2, 0.25) is 0 Å². The minimum absolute atomic E-state index is 0.0436. The molecule has 3 aromatic rings. The second-order valence-corrected chi connectivity index (χ2v) is 8.24. The van der Waals surface area contributed by atoms with E-state index in [-0.39, 0.29) is 34.2 Å². The van der Waals surface area contributed by atoms with Gasteiger partial charge in [0.1, 0.15) is 5.75 Å². The van der Waals surface area contributed by atoms with E-state index in [1.807, 2.05) is 6.92 Å². The first-order chi connectivity index (χ1) is 18.6. The molecule has 206 valence electrons. The first-order valence-corrected chi connectivity index (χ1v) is 11.8. The number of rotatable bonds is 12. The molecule has 0 amide bonds. The Bertz CT molecular complexity index is 1360. The largest absolute Gasteiger partial charge is 0.545 e. The molecule has 11 heteroatoms. The number of ether oxygens (including phenoxy) is 4. The minimum Gasteiger partial charge on any atom is -0.545 e. The number of carbonyl (C=O) groups excluding carboxylic acids is 2. The third-order valence-electron chi connectivity index (χ3n) is 5.44. The lowest BCUT2D eigenvalue weighted by Crippen LogP contribution is -2.24. The first kappa shape index (κ1) is 28.8. The highest BCUT2D eigenvalue weighted by Crippen LogP contribution is 2.37. The normalized spacial score (nSPS) is 11.3. The lowest BCUT2D eigenvalue weighted by molar-refractivity contribution is -0.254. The van der Waals surface area contributed by atoms with E-state index < -0.39 is 23.6 Å². The van der Waals surface area contributed by atoms with E-state index in [1.165, 1.54) is 55.7 Å². The predicted molar refractivity (Wildman–Crippen MR) is 139 cm³/mol. The van der Waals surface area contributed by atoms with Gasteiger partial charge in [0.15, 0.2) is 17.2 Å². The molecule has 39 heavy (non-hydrogen) atoms. The molecule has 0 aliphatic carbocycles. The second kappa shape index (κ2) is 12.6. The molecule has 0 aromatic heterocycles. The zero-order valence-corrected chi connectivity index (χ0v) is 21.2. The zero-order chi connectivity index (χ0) is 28.6. The number of carboxylic acid groups (broad SMARTS) is 1. The van der Waals surface area contributed by atoms with Gasteiger partial charge < -0.3 is 40.3 Å². The van der Waals surface area contributed by atoms with E-state index in [9.17, 15) is 23.5 Å². The Balaban J connectivity index is 1.66. The third-order valence-corrected chi connectivity index (χ3v) is 5.44. The summed E-state index contributed by atoms with van der Waals surface area (Å²) in [4.78, 5) is 23.3. The highest BCUT2D eigenvalue weighted by Gasteiger charge is 2.35. The van der Waals surface area contributed by atoms with Gasteiger partial charge in [-0.1, -0.05) is 25.5 Å². The van der Waals surface area contributed by atoms with Crippen molar-refractivity contribution in [1.29, 1.82) is 0 Å². The van der Waals surface area contributed by atoms with E-state index >= 15 is 0 Å². The smallest absolute Gasteiger partial charge is 0.426 e. The van der Waals surface area contributed by atoms with Gasteiger partial charge >= 0.3 is 12.1 Å². The Morgan fingerprint density at radius 1 is 1.03 bits per heavy atom. The van der Waals surface area contributed by atoms with Crippen LogP contribution >= 0.6 is 0 Å². The van der Waals surface area contributed by atoms with Crippen molar-refractivity contribution in [2.75, 3.05) is 25.2 Å². The van der Waals surface area contributed by atoms with E-state index in [0.717, 1.165) is 31.1 Å². The number of anilines is 2. The molecule has 0 fully saturated rings. The molecule has 3 aromatic carbocycles. The van der Waals surface area contributed by atoms with Gasteiger partial charge in [-0.05, 0) is 60.5 Å². The van der Waals surface area contributed by atoms with Crippen LogP contribution in [0.5, 0.6) is 23.0 Å². The highest BCUT2D eigenvalue weighted by atomic mass is 19.3. The Hall–Kier alpha value is -4.80. The van der Waals surface area contributed by atoms with Crippen molar-refractivity contribution >= 4 is 29.4 Å². The molecule has 0 heterocycles. The molecule has 0 aliphatic rings.